The molecule has 0 N–H and O–H groups in total. The van der Waals surface area contributed by atoms with Crippen molar-refractivity contribution in [3.8, 4) is 0 Å². The topological polar surface area (TPSA) is 34.1 Å². The van der Waals surface area contributed by atoms with Gasteiger partial charge in [-0.2, -0.15) is 0 Å². The van der Waals surface area contributed by atoms with Crippen LogP contribution >= 0.6 is 11.6 Å². The van der Waals surface area contributed by atoms with Crippen LogP contribution in [0.5, 0.6) is 0 Å². The molecule has 0 unspecified atom stereocenters. The number of allylic oxidation sites excluding steroid dienone is 1. The van der Waals surface area contributed by atoms with E-state index in [1.807, 2.05) is 50.0 Å². The highest BCUT2D eigenvalue weighted by Gasteiger charge is 2.35. The largest absolute Gasteiger partial charge is 0.334 e. The Kier molecular flexibility index (Phi) is 4.35. The molecule has 1 rings (SSSR count). The zero-order chi connectivity index (χ0) is 13.1. The Labute approximate surface area is 107 Å². The predicted molar refractivity (Wildman–Crippen MR) is 71.5 cm³/mol. The van der Waals surface area contributed by atoms with Gasteiger partial charge in [0.2, 0.25) is 0 Å². The maximum atomic E-state index is 11.7. The summed E-state index contributed by atoms with van der Waals surface area (Å²) in [6.07, 6.45) is 3.02. The third kappa shape index (κ3) is 3.90. The first-order valence-electron chi connectivity index (χ1n) is 5.26. The van der Waals surface area contributed by atoms with E-state index in [9.17, 15) is 9.59 Å². The van der Waals surface area contributed by atoms with Crippen LogP contribution in [0.2, 0.25) is 19.6 Å². The fourth-order valence-electron chi connectivity index (χ4n) is 1.35. The van der Waals surface area contributed by atoms with E-state index in [0.29, 0.717) is 5.20 Å². The average Bonchev–Trinajstić information content (AvgIpc) is 2.24. The Morgan fingerprint density at radius 3 is 2.06 bits per heavy atom. The number of halogens is 1. The van der Waals surface area contributed by atoms with Crippen molar-refractivity contribution in [2.24, 2.45) is 0 Å². The lowest BCUT2D eigenvalue weighted by molar-refractivity contribution is -0.129. The molecule has 88 valence electrons. The van der Waals surface area contributed by atoms with Crippen molar-refractivity contribution in [3.63, 3.8) is 0 Å². The highest BCUT2D eigenvalue weighted by molar-refractivity contribution is 6.95. The van der Waals surface area contributed by atoms with Crippen LogP contribution in [0, 0.1) is 6.08 Å². The molecule has 4 heteroatoms. The van der Waals surface area contributed by atoms with Crippen molar-refractivity contribution < 1.29 is 9.59 Å². The Morgan fingerprint density at radius 1 is 1.12 bits per heavy atom. The van der Waals surface area contributed by atoms with Crippen molar-refractivity contribution >= 4 is 30.7 Å². The lowest BCUT2D eigenvalue weighted by Crippen LogP contribution is -2.32. The molecule has 1 aromatic carbocycles. The monoisotopic (exact) mass is 265 g/mol. The highest BCUT2D eigenvalue weighted by atomic mass is 35.5. The summed E-state index contributed by atoms with van der Waals surface area (Å²) in [5, 5.41) is -0.505. The molecule has 17 heavy (non-hydrogen) atoms. The number of ketones is 1. The maximum Gasteiger partial charge on any atom is 0.334 e. The molecule has 0 aromatic heterocycles. The van der Waals surface area contributed by atoms with Gasteiger partial charge in [0.15, 0.2) is 0 Å². The van der Waals surface area contributed by atoms with Gasteiger partial charge in [0.1, 0.15) is 18.8 Å². The van der Waals surface area contributed by atoms with Gasteiger partial charge in [0.25, 0.3) is 0 Å². The van der Waals surface area contributed by atoms with E-state index >= 15 is 0 Å². The second kappa shape index (κ2) is 5.37. The van der Waals surface area contributed by atoms with Crippen LogP contribution in [0.15, 0.2) is 35.5 Å². The summed E-state index contributed by atoms with van der Waals surface area (Å²) in [6, 6.07) is 9.28. The van der Waals surface area contributed by atoms with Gasteiger partial charge in [-0.3, -0.25) is 4.79 Å². The molecule has 0 amide bonds. The SMILES string of the molecule is C[Si](C)(C)C(=[C+]c1ccccc1)C(=O)C(=O)Cl. The summed E-state index contributed by atoms with van der Waals surface area (Å²) in [4.78, 5) is 22.7. The number of rotatable bonds is 4. The van der Waals surface area contributed by atoms with E-state index in [2.05, 4.69) is 6.08 Å². The van der Waals surface area contributed by atoms with Gasteiger partial charge < -0.3 is 0 Å². The van der Waals surface area contributed by atoms with Gasteiger partial charge in [-0.25, -0.2) is 4.79 Å². The van der Waals surface area contributed by atoms with E-state index in [1.54, 1.807) is 0 Å². The van der Waals surface area contributed by atoms with E-state index < -0.39 is 19.1 Å². The van der Waals surface area contributed by atoms with Crippen LogP contribution in [0.4, 0.5) is 0 Å². The third-order valence-corrected chi connectivity index (χ3v) is 4.22. The van der Waals surface area contributed by atoms with Crippen LogP contribution in [-0.4, -0.2) is 19.1 Å². The molecule has 0 saturated heterocycles. The summed E-state index contributed by atoms with van der Waals surface area (Å²) in [7, 11) is -1.94. The second-order valence-electron chi connectivity index (χ2n) is 4.72. The average molecular weight is 266 g/mol. The molecule has 0 spiro atoms. The summed E-state index contributed by atoms with van der Waals surface area (Å²) in [5.74, 6) is -0.630. The molecule has 0 heterocycles. The Bertz CT molecular complexity index is 458. The first-order valence-corrected chi connectivity index (χ1v) is 9.14. The zero-order valence-corrected chi connectivity index (χ0v) is 11.8. The van der Waals surface area contributed by atoms with Crippen molar-refractivity contribution in [1.29, 1.82) is 0 Å². The molecule has 0 aliphatic heterocycles. The van der Waals surface area contributed by atoms with Gasteiger partial charge in [-0.1, -0.05) is 19.6 Å². The number of hydrogen-bond donors (Lipinski definition) is 0. The van der Waals surface area contributed by atoms with Crippen LogP contribution in [-0.2, 0) is 9.59 Å². The maximum absolute atomic E-state index is 11.7. The molecule has 0 atom stereocenters. The minimum absolute atomic E-state index is 0.434. The first kappa shape index (κ1) is 13.8. The summed E-state index contributed by atoms with van der Waals surface area (Å²) < 4.78 is 0. The molecular weight excluding hydrogens is 252 g/mol. The Morgan fingerprint density at radius 2 is 1.65 bits per heavy atom. The fraction of sp³-hybridized carbons (Fsp3) is 0.231. The van der Waals surface area contributed by atoms with Crippen molar-refractivity contribution in [3.05, 3.63) is 47.2 Å². The highest BCUT2D eigenvalue weighted by Crippen LogP contribution is 2.18. The molecule has 2 nitrogen and oxygen atoms in total. The molecule has 0 aliphatic rings. The third-order valence-electron chi connectivity index (χ3n) is 2.20. The van der Waals surface area contributed by atoms with Gasteiger partial charge in [-0.15, -0.1) is 0 Å². The minimum Gasteiger partial charge on any atom is -0.260 e. The van der Waals surface area contributed by atoms with Crippen LogP contribution < -0.4 is 0 Å². The molecule has 0 bridgehead atoms. The quantitative estimate of drug-likeness (QED) is 0.276. The first-order chi connectivity index (χ1) is 7.82. The fourth-order valence-corrected chi connectivity index (χ4v) is 2.84. The van der Waals surface area contributed by atoms with E-state index in [0.717, 1.165) is 5.56 Å². The molecular formula is C13H14ClO2Si+. The zero-order valence-electron chi connectivity index (χ0n) is 10.1. The van der Waals surface area contributed by atoms with Crippen molar-refractivity contribution in [2.75, 3.05) is 0 Å². The smallest absolute Gasteiger partial charge is 0.260 e. The number of hydrogen-bond acceptors (Lipinski definition) is 2. The minimum atomic E-state index is -1.94. The second-order valence-corrected chi connectivity index (χ2v) is 10.1. The van der Waals surface area contributed by atoms with E-state index in [-0.39, 0.29) is 0 Å². The van der Waals surface area contributed by atoms with Crippen LogP contribution in [0.3, 0.4) is 0 Å². The Hall–Kier alpha value is -1.28. The molecule has 1 aromatic rings. The molecule has 0 radical (unpaired) electrons. The predicted octanol–water partition coefficient (Wildman–Crippen LogP) is 2.98. The van der Waals surface area contributed by atoms with Crippen molar-refractivity contribution in [1.82, 2.24) is 0 Å². The van der Waals surface area contributed by atoms with Gasteiger partial charge in [0.05, 0.1) is 0 Å². The van der Waals surface area contributed by atoms with E-state index in [1.165, 1.54) is 0 Å². The van der Waals surface area contributed by atoms with Crippen LogP contribution in [0.1, 0.15) is 5.56 Å². The normalized spacial score (nSPS) is 11.9. The number of carbonyl (C=O) groups is 2. The van der Waals surface area contributed by atoms with E-state index in [4.69, 9.17) is 11.6 Å². The standard InChI is InChI=1S/C13H14ClO2Si/c1-17(2,3)11(12(15)13(14)16)9-10-7-5-4-6-8-10/h4-8H,1-3H3/q+1. The summed E-state index contributed by atoms with van der Waals surface area (Å²) in [6.45, 7) is 5.95. The molecule has 0 saturated carbocycles. The number of Topliss-reactive ketones (excluding diaryl/α,β-unsaturated/α-hetero) is 1. The molecule has 0 aliphatic carbocycles. The summed E-state index contributed by atoms with van der Waals surface area (Å²) >= 11 is 5.27. The van der Waals surface area contributed by atoms with Gasteiger partial charge >= 0.3 is 11.0 Å². The molecule has 0 fully saturated rings. The summed E-state index contributed by atoms with van der Waals surface area (Å²) in [5.41, 5.74) is 0.788. The number of carbonyl (C=O) groups excluding carboxylic acids is 2. The lowest BCUT2D eigenvalue weighted by Gasteiger charge is -2.12. The van der Waals surface area contributed by atoms with Crippen molar-refractivity contribution in [2.45, 2.75) is 19.6 Å². The Balaban J connectivity index is 3.21. The van der Waals surface area contributed by atoms with Crippen LogP contribution in [0.25, 0.3) is 0 Å². The van der Waals surface area contributed by atoms with Gasteiger partial charge in [0, 0.05) is 18.2 Å². The van der Waals surface area contributed by atoms with Gasteiger partial charge in [-0.05, 0) is 29.8 Å². The number of benzene rings is 1. The lowest BCUT2D eigenvalue weighted by atomic mass is 10.2.